The van der Waals surface area contributed by atoms with E-state index in [2.05, 4.69) is 10.1 Å². The predicted molar refractivity (Wildman–Crippen MR) is 60.7 cm³/mol. The Kier molecular flexibility index (Phi) is 3.49. The molecule has 2 rings (SSSR count). The van der Waals surface area contributed by atoms with Crippen LogP contribution in [0.25, 0.3) is 0 Å². The number of nitrogens with zero attached hydrogens (tertiary/aromatic N) is 2. The summed E-state index contributed by atoms with van der Waals surface area (Å²) in [5.41, 5.74) is 0. The lowest BCUT2D eigenvalue weighted by atomic mass is 10.0. The molecule has 7 nitrogen and oxygen atoms in total. The molecule has 1 saturated heterocycles. The van der Waals surface area contributed by atoms with Gasteiger partial charge in [-0.3, -0.25) is 4.79 Å². The van der Waals surface area contributed by atoms with Crippen LogP contribution < -0.4 is 0 Å². The van der Waals surface area contributed by atoms with Crippen LogP contribution in [-0.4, -0.2) is 43.8 Å². The molecule has 2 heterocycles. The van der Waals surface area contributed by atoms with Gasteiger partial charge in [-0.05, 0) is 6.92 Å². The average molecular weight is 274 g/mol. The van der Waals surface area contributed by atoms with Crippen LogP contribution in [0.4, 0.5) is 0 Å². The molecule has 100 valence electrons. The highest BCUT2D eigenvalue weighted by Crippen LogP contribution is 2.24. The van der Waals surface area contributed by atoms with E-state index in [0.717, 1.165) is 6.26 Å². The topological polar surface area (TPSA) is 99.4 Å². The third-order valence-electron chi connectivity index (χ3n) is 2.93. The van der Waals surface area contributed by atoms with Gasteiger partial charge < -0.3 is 9.26 Å². The van der Waals surface area contributed by atoms with Gasteiger partial charge in [0.2, 0.25) is 5.89 Å². The van der Waals surface area contributed by atoms with Crippen LogP contribution >= 0.6 is 0 Å². The van der Waals surface area contributed by atoms with Crippen molar-refractivity contribution in [3.8, 4) is 0 Å². The Morgan fingerprint density at radius 2 is 2.17 bits per heavy atom. The molecule has 18 heavy (non-hydrogen) atoms. The summed E-state index contributed by atoms with van der Waals surface area (Å²) >= 11 is 0. The standard InChI is InChI=1S/C10H14N2O5S/c1-6(18(2,14)15)9-11-10(17-12-9)7-5-16-4-3-8(7)13/h6-7H,3-5H2,1-2H3. The van der Waals surface area contributed by atoms with Crippen LogP contribution in [0.2, 0.25) is 0 Å². The number of ketones is 1. The molecule has 1 aromatic heterocycles. The first kappa shape index (κ1) is 13.2. The minimum Gasteiger partial charge on any atom is -0.380 e. The van der Waals surface area contributed by atoms with Gasteiger partial charge in [0.1, 0.15) is 17.0 Å². The van der Waals surface area contributed by atoms with Crippen molar-refractivity contribution in [3.05, 3.63) is 11.7 Å². The molecule has 0 amide bonds. The number of aromatic nitrogens is 2. The fourth-order valence-electron chi connectivity index (χ4n) is 1.60. The summed E-state index contributed by atoms with van der Waals surface area (Å²) in [4.78, 5) is 15.6. The average Bonchev–Trinajstić information content (AvgIpc) is 2.76. The number of hydrogen-bond acceptors (Lipinski definition) is 7. The Morgan fingerprint density at radius 1 is 1.44 bits per heavy atom. The molecular formula is C10H14N2O5S. The second kappa shape index (κ2) is 4.77. The van der Waals surface area contributed by atoms with Gasteiger partial charge in [-0.15, -0.1) is 0 Å². The van der Waals surface area contributed by atoms with E-state index in [1.54, 1.807) is 0 Å². The number of ether oxygens (including phenoxy) is 1. The van der Waals surface area contributed by atoms with Crippen LogP contribution in [0.1, 0.15) is 36.2 Å². The molecular weight excluding hydrogens is 260 g/mol. The molecule has 8 heteroatoms. The number of Topliss-reactive ketones (excluding diaryl/α,β-unsaturated/α-hetero) is 1. The molecule has 1 aliphatic heterocycles. The molecule has 0 saturated carbocycles. The Labute approximate surface area is 104 Å². The molecule has 1 aromatic rings. The van der Waals surface area contributed by atoms with Gasteiger partial charge in [0.15, 0.2) is 15.7 Å². The molecule has 0 aromatic carbocycles. The third kappa shape index (κ3) is 2.59. The van der Waals surface area contributed by atoms with Crippen LogP contribution in [0.15, 0.2) is 4.52 Å². The second-order valence-corrected chi connectivity index (χ2v) is 6.67. The Bertz CT molecular complexity index is 550. The van der Waals surface area contributed by atoms with Crippen molar-refractivity contribution in [1.29, 1.82) is 0 Å². The molecule has 0 bridgehead atoms. The smallest absolute Gasteiger partial charge is 0.239 e. The molecule has 2 unspecified atom stereocenters. The van der Waals surface area contributed by atoms with Crippen molar-refractivity contribution in [1.82, 2.24) is 10.1 Å². The summed E-state index contributed by atoms with van der Waals surface area (Å²) in [5.74, 6) is -0.397. The van der Waals surface area contributed by atoms with Crippen molar-refractivity contribution < 1.29 is 22.5 Å². The summed E-state index contributed by atoms with van der Waals surface area (Å²) in [6, 6.07) is 0. The van der Waals surface area contributed by atoms with Gasteiger partial charge in [0, 0.05) is 12.7 Å². The molecule has 1 fully saturated rings. The lowest BCUT2D eigenvalue weighted by molar-refractivity contribution is -0.127. The van der Waals surface area contributed by atoms with Crippen molar-refractivity contribution in [2.24, 2.45) is 0 Å². The van der Waals surface area contributed by atoms with E-state index < -0.39 is 21.0 Å². The highest BCUT2D eigenvalue weighted by molar-refractivity contribution is 7.90. The van der Waals surface area contributed by atoms with Crippen molar-refractivity contribution in [2.75, 3.05) is 19.5 Å². The third-order valence-corrected chi connectivity index (χ3v) is 4.42. The minimum atomic E-state index is -3.29. The first-order chi connectivity index (χ1) is 8.39. The maximum atomic E-state index is 11.6. The Hall–Kier alpha value is -1.28. The lowest BCUT2D eigenvalue weighted by Gasteiger charge is -2.17. The Morgan fingerprint density at radius 3 is 2.78 bits per heavy atom. The number of sulfone groups is 1. The normalized spacial score (nSPS) is 23.0. The summed E-state index contributed by atoms with van der Waals surface area (Å²) in [7, 11) is -3.29. The fourth-order valence-corrected chi connectivity index (χ4v) is 2.07. The zero-order valence-electron chi connectivity index (χ0n) is 10.1. The summed E-state index contributed by atoms with van der Waals surface area (Å²) in [6.07, 6.45) is 1.41. The van der Waals surface area contributed by atoms with E-state index in [0.29, 0.717) is 13.0 Å². The molecule has 0 spiro atoms. The van der Waals surface area contributed by atoms with Crippen LogP contribution in [0.5, 0.6) is 0 Å². The van der Waals surface area contributed by atoms with E-state index in [1.807, 2.05) is 0 Å². The van der Waals surface area contributed by atoms with Gasteiger partial charge in [-0.1, -0.05) is 5.16 Å². The van der Waals surface area contributed by atoms with Gasteiger partial charge >= 0.3 is 0 Å². The summed E-state index contributed by atoms with van der Waals surface area (Å²) in [6.45, 7) is 2.08. The van der Waals surface area contributed by atoms with Gasteiger partial charge in [0.25, 0.3) is 0 Å². The molecule has 0 aliphatic carbocycles. The van der Waals surface area contributed by atoms with E-state index in [-0.39, 0.29) is 24.1 Å². The number of carbonyl (C=O) groups excluding carboxylic acids is 1. The number of rotatable bonds is 3. The monoisotopic (exact) mass is 274 g/mol. The van der Waals surface area contributed by atoms with Gasteiger partial charge in [0.05, 0.1) is 13.2 Å². The van der Waals surface area contributed by atoms with Crippen molar-refractivity contribution in [2.45, 2.75) is 24.5 Å². The minimum absolute atomic E-state index is 0.0246. The zero-order valence-corrected chi connectivity index (χ0v) is 10.9. The van der Waals surface area contributed by atoms with E-state index in [9.17, 15) is 13.2 Å². The second-order valence-electron chi connectivity index (χ2n) is 4.31. The van der Waals surface area contributed by atoms with Crippen molar-refractivity contribution in [3.63, 3.8) is 0 Å². The number of carbonyl (C=O) groups is 1. The SMILES string of the molecule is CC(c1noc(C2COCCC2=O)n1)S(C)(=O)=O. The van der Waals surface area contributed by atoms with Crippen LogP contribution in [-0.2, 0) is 19.4 Å². The van der Waals surface area contributed by atoms with E-state index >= 15 is 0 Å². The van der Waals surface area contributed by atoms with E-state index in [1.165, 1.54) is 6.92 Å². The fraction of sp³-hybridized carbons (Fsp3) is 0.700. The molecule has 0 N–H and O–H groups in total. The predicted octanol–water partition coefficient (Wildman–Crippen LogP) is 0.248. The highest BCUT2D eigenvalue weighted by Gasteiger charge is 2.31. The Balaban J connectivity index is 2.22. The van der Waals surface area contributed by atoms with Crippen molar-refractivity contribution >= 4 is 15.6 Å². The van der Waals surface area contributed by atoms with E-state index in [4.69, 9.17) is 9.26 Å². The summed E-state index contributed by atoms with van der Waals surface area (Å²) < 4.78 is 32.9. The van der Waals surface area contributed by atoms with Crippen LogP contribution in [0.3, 0.4) is 0 Å². The maximum Gasteiger partial charge on any atom is 0.239 e. The first-order valence-corrected chi connectivity index (χ1v) is 7.48. The van der Waals surface area contributed by atoms with Gasteiger partial charge in [-0.2, -0.15) is 4.98 Å². The summed E-state index contributed by atoms with van der Waals surface area (Å²) in [5, 5.41) is 2.77. The quantitative estimate of drug-likeness (QED) is 0.778. The first-order valence-electron chi connectivity index (χ1n) is 5.52. The maximum absolute atomic E-state index is 11.6. The molecule has 0 radical (unpaired) electrons. The lowest BCUT2D eigenvalue weighted by Crippen LogP contribution is -2.25. The highest BCUT2D eigenvalue weighted by atomic mass is 32.2. The zero-order chi connectivity index (χ0) is 13.3. The molecule has 2 atom stereocenters. The van der Waals surface area contributed by atoms with Crippen LogP contribution in [0, 0.1) is 0 Å². The largest absolute Gasteiger partial charge is 0.380 e. The molecule has 1 aliphatic rings. The number of hydrogen-bond donors (Lipinski definition) is 0. The van der Waals surface area contributed by atoms with Gasteiger partial charge in [-0.25, -0.2) is 8.42 Å².